The van der Waals surface area contributed by atoms with Gasteiger partial charge in [0.2, 0.25) is 5.91 Å². The van der Waals surface area contributed by atoms with Gasteiger partial charge in [-0.15, -0.1) is 11.8 Å². The molecule has 3 nitrogen and oxygen atoms in total. The molecule has 2 aromatic rings. The molecule has 0 saturated carbocycles. The highest BCUT2D eigenvalue weighted by Crippen LogP contribution is 2.23. The van der Waals surface area contributed by atoms with Crippen LogP contribution in [-0.4, -0.2) is 17.4 Å². The number of benzene rings is 2. The van der Waals surface area contributed by atoms with Crippen molar-refractivity contribution in [3.8, 4) is 0 Å². The summed E-state index contributed by atoms with van der Waals surface area (Å²) in [5.41, 5.74) is 1.08. The molecule has 0 fully saturated rings. The van der Waals surface area contributed by atoms with Crippen molar-refractivity contribution < 1.29 is 18.4 Å². The molecule has 0 aliphatic rings. The maximum Gasteiger partial charge on any atom is 0.230 e. The second kappa shape index (κ2) is 8.06. The molecule has 1 unspecified atom stereocenters. The largest absolute Gasteiger partial charge is 0.349 e. The van der Waals surface area contributed by atoms with Crippen molar-refractivity contribution in [3.63, 3.8) is 0 Å². The quantitative estimate of drug-likeness (QED) is 0.630. The second-order valence-electron chi connectivity index (χ2n) is 5.33. The van der Waals surface area contributed by atoms with E-state index < -0.39 is 5.82 Å². The predicted molar refractivity (Wildman–Crippen MR) is 90.1 cm³/mol. The van der Waals surface area contributed by atoms with Gasteiger partial charge >= 0.3 is 0 Å². The van der Waals surface area contributed by atoms with Crippen LogP contribution in [0.3, 0.4) is 0 Å². The number of hydrogen-bond acceptors (Lipinski definition) is 3. The normalized spacial score (nSPS) is 11.8. The summed E-state index contributed by atoms with van der Waals surface area (Å²) in [4.78, 5) is 23.5. The van der Waals surface area contributed by atoms with E-state index in [4.69, 9.17) is 0 Å². The molecule has 24 heavy (non-hydrogen) atoms. The van der Waals surface area contributed by atoms with Crippen LogP contribution in [0.2, 0.25) is 0 Å². The molecule has 0 radical (unpaired) electrons. The number of carbonyl (C=O) groups is 2. The molecule has 0 saturated heterocycles. The van der Waals surface area contributed by atoms with Gasteiger partial charge in [0.05, 0.1) is 11.8 Å². The molecule has 2 rings (SSSR count). The van der Waals surface area contributed by atoms with E-state index >= 15 is 0 Å². The highest BCUT2D eigenvalue weighted by Gasteiger charge is 2.12. The fraction of sp³-hybridized carbons (Fsp3) is 0.222. The first kappa shape index (κ1) is 18.1. The smallest absolute Gasteiger partial charge is 0.230 e. The number of Topliss-reactive ketones (excluding diaryl/α,β-unsaturated/α-hetero) is 1. The maximum absolute atomic E-state index is 13.9. The van der Waals surface area contributed by atoms with Crippen molar-refractivity contribution in [2.24, 2.45) is 0 Å². The molecule has 0 heterocycles. The second-order valence-corrected chi connectivity index (χ2v) is 6.35. The van der Waals surface area contributed by atoms with Crippen LogP contribution < -0.4 is 5.32 Å². The first-order valence-corrected chi connectivity index (χ1v) is 8.33. The minimum absolute atomic E-state index is 0.0435. The molecule has 0 bridgehead atoms. The highest BCUT2D eigenvalue weighted by molar-refractivity contribution is 8.00. The molecule has 126 valence electrons. The summed E-state index contributed by atoms with van der Waals surface area (Å²) in [6, 6.07) is 9.80. The average Bonchev–Trinajstić information content (AvgIpc) is 2.54. The summed E-state index contributed by atoms with van der Waals surface area (Å²) in [5, 5.41) is 2.78. The standard InChI is InChI=1S/C18H17F2NO2S/c1-11(13-3-6-15(19)7-4-13)21-18(23)10-24-17-8-5-14(12(2)22)9-16(17)20/h3-9,11H,10H2,1-2H3,(H,21,23). The number of amides is 1. The Morgan fingerprint density at radius 3 is 2.38 bits per heavy atom. The van der Waals surface area contributed by atoms with E-state index in [1.165, 1.54) is 37.3 Å². The minimum atomic E-state index is -0.521. The summed E-state index contributed by atoms with van der Waals surface area (Å²) in [5.74, 6) is -1.28. The predicted octanol–water partition coefficient (Wildman–Crippen LogP) is 4.14. The molecule has 0 aliphatic heterocycles. The van der Waals surface area contributed by atoms with Gasteiger partial charge in [-0.25, -0.2) is 8.78 Å². The van der Waals surface area contributed by atoms with Crippen molar-refractivity contribution in [1.82, 2.24) is 5.32 Å². The fourth-order valence-corrected chi connectivity index (χ4v) is 2.83. The molecule has 2 aromatic carbocycles. The van der Waals surface area contributed by atoms with Crippen LogP contribution in [0, 0.1) is 11.6 Å². The van der Waals surface area contributed by atoms with E-state index in [2.05, 4.69) is 5.32 Å². The molecule has 0 spiro atoms. The zero-order valence-electron chi connectivity index (χ0n) is 13.3. The van der Waals surface area contributed by atoms with Gasteiger partial charge in [0.25, 0.3) is 0 Å². The van der Waals surface area contributed by atoms with E-state index in [0.29, 0.717) is 10.5 Å². The van der Waals surface area contributed by atoms with Gasteiger partial charge in [-0.3, -0.25) is 9.59 Å². The van der Waals surface area contributed by atoms with Crippen LogP contribution in [0.5, 0.6) is 0 Å². The Kier molecular flexibility index (Phi) is 6.09. The first-order chi connectivity index (χ1) is 11.4. The maximum atomic E-state index is 13.9. The lowest BCUT2D eigenvalue weighted by Gasteiger charge is -2.14. The van der Waals surface area contributed by atoms with Crippen LogP contribution in [0.25, 0.3) is 0 Å². The number of rotatable bonds is 6. The lowest BCUT2D eigenvalue weighted by atomic mass is 10.1. The van der Waals surface area contributed by atoms with Gasteiger partial charge in [0.1, 0.15) is 11.6 Å². The van der Waals surface area contributed by atoms with Crippen LogP contribution in [-0.2, 0) is 4.79 Å². The lowest BCUT2D eigenvalue weighted by molar-refractivity contribution is -0.119. The van der Waals surface area contributed by atoms with E-state index in [0.717, 1.165) is 17.3 Å². The van der Waals surface area contributed by atoms with Crippen molar-refractivity contribution in [2.75, 3.05) is 5.75 Å². The van der Waals surface area contributed by atoms with E-state index in [1.54, 1.807) is 19.1 Å². The van der Waals surface area contributed by atoms with Gasteiger partial charge in [0.15, 0.2) is 5.78 Å². The van der Waals surface area contributed by atoms with Gasteiger partial charge in [-0.2, -0.15) is 0 Å². The minimum Gasteiger partial charge on any atom is -0.349 e. The highest BCUT2D eigenvalue weighted by atomic mass is 32.2. The van der Waals surface area contributed by atoms with Crippen molar-refractivity contribution >= 4 is 23.5 Å². The number of carbonyl (C=O) groups excluding carboxylic acids is 2. The number of halogens is 2. The fourth-order valence-electron chi connectivity index (χ4n) is 2.10. The van der Waals surface area contributed by atoms with E-state index in [-0.39, 0.29) is 29.3 Å². The zero-order valence-corrected chi connectivity index (χ0v) is 14.1. The van der Waals surface area contributed by atoms with E-state index in [1.807, 2.05) is 0 Å². The zero-order chi connectivity index (χ0) is 17.7. The number of thioether (sulfide) groups is 1. The molecular formula is C18H17F2NO2S. The molecule has 0 aromatic heterocycles. The molecule has 1 amide bonds. The Labute approximate surface area is 143 Å². The Morgan fingerprint density at radius 1 is 1.12 bits per heavy atom. The summed E-state index contributed by atoms with van der Waals surface area (Å²) in [7, 11) is 0. The van der Waals surface area contributed by atoms with Crippen LogP contribution in [0.1, 0.15) is 35.8 Å². The summed E-state index contributed by atoms with van der Waals surface area (Å²) < 4.78 is 26.8. The Hall–Kier alpha value is -2.21. The monoisotopic (exact) mass is 349 g/mol. The van der Waals surface area contributed by atoms with Gasteiger partial charge < -0.3 is 5.32 Å². The van der Waals surface area contributed by atoms with Gasteiger partial charge in [0, 0.05) is 10.5 Å². The van der Waals surface area contributed by atoms with Crippen LogP contribution in [0.4, 0.5) is 8.78 Å². The molecule has 0 aliphatic carbocycles. The Balaban J connectivity index is 1.91. The third-order valence-electron chi connectivity index (χ3n) is 3.44. The molecular weight excluding hydrogens is 332 g/mol. The van der Waals surface area contributed by atoms with Gasteiger partial charge in [-0.1, -0.05) is 18.2 Å². The molecule has 6 heteroatoms. The third-order valence-corrected chi connectivity index (χ3v) is 4.49. The Morgan fingerprint density at radius 2 is 1.79 bits per heavy atom. The number of nitrogens with one attached hydrogen (secondary N) is 1. The summed E-state index contributed by atoms with van der Waals surface area (Å²) in [6.07, 6.45) is 0. The summed E-state index contributed by atoms with van der Waals surface area (Å²) >= 11 is 1.06. The third kappa shape index (κ3) is 4.89. The lowest BCUT2D eigenvalue weighted by Crippen LogP contribution is -2.28. The topological polar surface area (TPSA) is 46.2 Å². The molecule has 1 N–H and O–H groups in total. The average molecular weight is 349 g/mol. The van der Waals surface area contributed by atoms with Crippen molar-refractivity contribution in [1.29, 1.82) is 0 Å². The molecule has 1 atom stereocenters. The summed E-state index contributed by atoms with van der Waals surface area (Å²) in [6.45, 7) is 3.16. The van der Waals surface area contributed by atoms with E-state index in [9.17, 15) is 18.4 Å². The van der Waals surface area contributed by atoms with Crippen molar-refractivity contribution in [2.45, 2.75) is 24.8 Å². The van der Waals surface area contributed by atoms with Gasteiger partial charge in [-0.05, 0) is 43.7 Å². The first-order valence-electron chi connectivity index (χ1n) is 7.35. The Bertz CT molecular complexity index is 747. The van der Waals surface area contributed by atoms with Crippen LogP contribution in [0.15, 0.2) is 47.4 Å². The SMILES string of the molecule is CC(=O)c1ccc(SCC(=O)NC(C)c2ccc(F)cc2)c(F)c1. The van der Waals surface area contributed by atoms with Crippen molar-refractivity contribution in [3.05, 3.63) is 65.2 Å². The number of ketones is 1. The van der Waals surface area contributed by atoms with Crippen LogP contribution >= 0.6 is 11.8 Å². The number of hydrogen-bond donors (Lipinski definition) is 1.